The first-order valence-electron chi connectivity index (χ1n) is 8.53. The zero-order chi connectivity index (χ0) is 16.8. The van der Waals surface area contributed by atoms with Crippen LogP contribution in [-0.2, 0) is 11.3 Å². The van der Waals surface area contributed by atoms with E-state index in [4.69, 9.17) is 0 Å². The molecule has 24 heavy (non-hydrogen) atoms. The number of amides is 1. The lowest BCUT2D eigenvalue weighted by atomic mass is 10.2. The predicted octanol–water partition coefficient (Wildman–Crippen LogP) is 2.90. The van der Waals surface area contributed by atoms with Crippen LogP contribution in [-0.4, -0.2) is 37.5 Å². The van der Waals surface area contributed by atoms with Crippen LogP contribution in [0.5, 0.6) is 0 Å². The maximum Gasteiger partial charge on any atom is 0.230 e. The summed E-state index contributed by atoms with van der Waals surface area (Å²) in [4.78, 5) is 16.2. The summed E-state index contributed by atoms with van der Waals surface area (Å²) in [5, 5.41) is 12.5. The van der Waals surface area contributed by atoms with E-state index in [2.05, 4.69) is 32.0 Å². The molecule has 0 bridgehead atoms. The van der Waals surface area contributed by atoms with E-state index in [1.165, 1.54) is 24.6 Å². The van der Waals surface area contributed by atoms with Crippen LogP contribution in [0.1, 0.15) is 39.0 Å². The molecule has 0 aromatic carbocycles. The number of thioether (sulfide) groups is 1. The predicted molar refractivity (Wildman–Crippen MR) is 94.7 cm³/mol. The third-order valence-electron chi connectivity index (χ3n) is 4.16. The zero-order valence-electron chi connectivity index (χ0n) is 13.9. The van der Waals surface area contributed by atoms with Gasteiger partial charge in [0.15, 0.2) is 11.0 Å². The molecule has 1 fully saturated rings. The van der Waals surface area contributed by atoms with Gasteiger partial charge in [-0.05, 0) is 31.4 Å². The molecule has 128 valence electrons. The van der Waals surface area contributed by atoms with E-state index in [9.17, 15) is 4.79 Å². The van der Waals surface area contributed by atoms with Crippen molar-refractivity contribution in [2.75, 3.05) is 5.75 Å². The van der Waals surface area contributed by atoms with Gasteiger partial charge in [0.25, 0.3) is 0 Å². The monoisotopic (exact) mass is 345 g/mol. The number of hydrogen-bond acceptors (Lipinski definition) is 5. The molecule has 1 N–H and O–H groups in total. The molecule has 3 rings (SSSR count). The van der Waals surface area contributed by atoms with Crippen molar-refractivity contribution in [3.63, 3.8) is 0 Å². The molecule has 1 aliphatic rings. The molecular weight excluding hydrogens is 322 g/mol. The minimum absolute atomic E-state index is 0.0865. The first kappa shape index (κ1) is 17.0. The fourth-order valence-corrected chi connectivity index (χ4v) is 3.78. The zero-order valence-corrected chi connectivity index (χ0v) is 14.8. The van der Waals surface area contributed by atoms with Gasteiger partial charge in [-0.2, -0.15) is 0 Å². The van der Waals surface area contributed by atoms with E-state index in [1.54, 1.807) is 12.4 Å². The standard InChI is InChI=1S/C17H23N5OS/c1-2-11-22-16(13-7-9-18-10-8-13)20-21-17(22)24-12-15(23)19-14-5-3-4-6-14/h7-10,14H,2-6,11-12H2,1H3,(H,19,23). The third kappa shape index (κ3) is 4.14. The molecule has 1 amide bonds. The number of hydrogen-bond donors (Lipinski definition) is 1. The van der Waals surface area contributed by atoms with Crippen molar-refractivity contribution < 1.29 is 4.79 Å². The molecule has 0 aliphatic heterocycles. The molecule has 1 saturated carbocycles. The molecule has 2 aromatic heterocycles. The van der Waals surface area contributed by atoms with E-state index in [0.717, 1.165) is 42.4 Å². The van der Waals surface area contributed by atoms with Gasteiger partial charge in [-0.1, -0.05) is 31.5 Å². The highest BCUT2D eigenvalue weighted by molar-refractivity contribution is 7.99. The molecule has 0 atom stereocenters. The van der Waals surface area contributed by atoms with Gasteiger partial charge in [0.2, 0.25) is 5.91 Å². The summed E-state index contributed by atoms with van der Waals surface area (Å²) in [5.41, 5.74) is 0.994. The summed E-state index contributed by atoms with van der Waals surface area (Å²) in [6.45, 7) is 2.95. The number of aromatic nitrogens is 4. The van der Waals surface area contributed by atoms with E-state index in [0.29, 0.717) is 11.8 Å². The molecule has 1 aliphatic carbocycles. The van der Waals surface area contributed by atoms with Crippen molar-refractivity contribution in [2.24, 2.45) is 0 Å². The van der Waals surface area contributed by atoms with Crippen LogP contribution in [0.3, 0.4) is 0 Å². The fourth-order valence-electron chi connectivity index (χ4n) is 3.00. The molecule has 0 radical (unpaired) electrons. The first-order valence-corrected chi connectivity index (χ1v) is 9.52. The average Bonchev–Trinajstić information content (AvgIpc) is 3.24. The van der Waals surface area contributed by atoms with Crippen LogP contribution in [0.25, 0.3) is 11.4 Å². The summed E-state index contributed by atoms with van der Waals surface area (Å²) in [5.74, 6) is 1.30. The van der Waals surface area contributed by atoms with Crippen LogP contribution >= 0.6 is 11.8 Å². The molecular formula is C17H23N5OS. The Balaban J connectivity index is 1.66. The summed E-state index contributed by atoms with van der Waals surface area (Å²) >= 11 is 1.46. The van der Waals surface area contributed by atoms with E-state index < -0.39 is 0 Å². The normalized spacial score (nSPS) is 14.9. The quantitative estimate of drug-likeness (QED) is 0.781. The molecule has 0 unspecified atom stereocenters. The Morgan fingerprint density at radius 3 is 2.75 bits per heavy atom. The number of nitrogens with one attached hydrogen (secondary N) is 1. The van der Waals surface area contributed by atoms with Gasteiger partial charge >= 0.3 is 0 Å². The van der Waals surface area contributed by atoms with Gasteiger partial charge in [0.1, 0.15) is 0 Å². The van der Waals surface area contributed by atoms with Crippen LogP contribution in [0, 0.1) is 0 Å². The highest BCUT2D eigenvalue weighted by Crippen LogP contribution is 2.24. The van der Waals surface area contributed by atoms with Crippen LogP contribution in [0.2, 0.25) is 0 Å². The molecule has 7 heteroatoms. The number of pyridine rings is 1. The van der Waals surface area contributed by atoms with E-state index >= 15 is 0 Å². The van der Waals surface area contributed by atoms with Gasteiger partial charge < -0.3 is 9.88 Å². The average molecular weight is 345 g/mol. The third-order valence-corrected chi connectivity index (χ3v) is 5.12. The second kappa shape index (κ2) is 8.28. The SMILES string of the molecule is CCCn1c(SCC(=O)NC2CCCC2)nnc1-c1ccncc1. The van der Waals surface area contributed by atoms with Gasteiger partial charge in [0.05, 0.1) is 5.75 Å². The van der Waals surface area contributed by atoms with Crippen molar-refractivity contribution in [1.29, 1.82) is 0 Å². The highest BCUT2D eigenvalue weighted by Gasteiger charge is 2.19. The van der Waals surface area contributed by atoms with E-state index in [1.807, 2.05) is 12.1 Å². The molecule has 2 heterocycles. The van der Waals surface area contributed by atoms with Crippen molar-refractivity contribution >= 4 is 17.7 Å². The molecule has 0 saturated heterocycles. The highest BCUT2D eigenvalue weighted by atomic mass is 32.2. The molecule has 2 aromatic rings. The number of carbonyl (C=O) groups excluding carboxylic acids is 1. The van der Waals surface area contributed by atoms with Crippen molar-refractivity contribution in [2.45, 2.75) is 56.8 Å². The van der Waals surface area contributed by atoms with Crippen molar-refractivity contribution in [1.82, 2.24) is 25.1 Å². The lowest BCUT2D eigenvalue weighted by Crippen LogP contribution is -2.33. The minimum Gasteiger partial charge on any atom is -0.353 e. The Labute approximate surface area is 146 Å². The van der Waals surface area contributed by atoms with Gasteiger partial charge in [-0.15, -0.1) is 10.2 Å². The Hall–Kier alpha value is -1.89. The van der Waals surface area contributed by atoms with E-state index in [-0.39, 0.29) is 5.91 Å². The second-order valence-electron chi connectivity index (χ2n) is 6.03. The van der Waals surface area contributed by atoms with Crippen LogP contribution in [0.15, 0.2) is 29.7 Å². The summed E-state index contributed by atoms with van der Waals surface area (Å²) in [7, 11) is 0. The number of nitrogens with zero attached hydrogens (tertiary/aromatic N) is 4. The minimum atomic E-state index is 0.0865. The summed E-state index contributed by atoms with van der Waals surface area (Å²) in [6.07, 6.45) is 9.14. The smallest absolute Gasteiger partial charge is 0.230 e. The lowest BCUT2D eigenvalue weighted by molar-refractivity contribution is -0.119. The Morgan fingerprint density at radius 2 is 2.04 bits per heavy atom. The number of rotatable bonds is 7. The number of carbonyl (C=O) groups is 1. The second-order valence-corrected chi connectivity index (χ2v) is 6.97. The Bertz CT molecular complexity index is 667. The van der Waals surface area contributed by atoms with Crippen LogP contribution in [0.4, 0.5) is 0 Å². The molecule has 6 nitrogen and oxygen atoms in total. The fraction of sp³-hybridized carbons (Fsp3) is 0.529. The Kier molecular flexibility index (Phi) is 5.85. The maximum atomic E-state index is 12.1. The maximum absolute atomic E-state index is 12.1. The van der Waals surface area contributed by atoms with Gasteiger partial charge in [0, 0.05) is 30.5 Å². The Morgan fingerprint density at radius 1 is 1.29 bits per heavy atom. The summed E-state index contributed by atoms with van der Waals surface area (Å²) < 4.78 is 2.09. The lowest BCUT2D eigenvalue weighted by Gasteiger charge is -2.12. The molecule has 0 spiro atoms. The van der Waals surface area contributed by atoms with Crippen molar-refractivity contribution in [3.05, 3.63) is 24.5 Å². The topological polar surface area (TPSA) is 72.7 Å². The summed E-state index contributed by atoms with van der Waals surface area (Å²) in [6, 6.07) is 4.22. The van der Waals surface area contributed by atoms with Crippen LogP contribution < -0.4 is 5.32 Å². The van der Waals surface area contributed by atoms with Gasteiger partial charge in [-0.3, -0.25) is 9.78 Å². The largest absolute Gasteiger partial charge is 0.353 e. The van der Waals surface area contributed by atoms with Gasteiger partial charge in [-0.25, -0.2) is 0 Å². The first-order chi connectivity index (χ1) is 11.8. The van der Waals surface area contributed by atoms with Crippen molar-refractivity contribution in [3.8, 4) is 11.4 Å².